The highest BCUT2D eigenvalue weighted by molar-refractivity contribution is 5.82. The standard InChI is InChI=1S/C13H22N2O2/c1-14-13(17)12-7-2-3-8-15(12)10-5-4-6-11(16)9-10/h10,12H,2-9H2,1H3,(H,14,17). The van der Waals surface area contributed by atoms with Crippen molar-refractivity contribution in [1.82, 2.24) is 10.2 Å². The summed E-state index contributed by atoms with van der Waals surface area (Å²) in [6, 6.07) is 0.295. The average Bonchev–Trinajstić information content (AvgIpc) is 2.38. The summed E-state index contributed by atoms with van der Waals surface area (Å²) in [5, 5.41) is 2.75. The Labute approximate surface area is 103 Å². The Morgan fingerprint density at radius 2 is 2.12 bits per heavy atom. The van der Waals surface area contributed by atoms with Crippen LogP contribution in [0.5, 0.6) is 0 Å². The summed E-state index contributed by atoms with van der Waals surface area (Å²) in [6.45, 7) is 0.968. The van der Waals surface area contributed by atoms with Crippen LogP contribution < -0.4 is 5.32 Å². The number of Topliss-reactive ketones (excluding diaryl/α,β-unsaturated/α-hetero) is 1. The Kier molecular flexibility index (Phi) is 4.15. The van der Waals surface area contributed by atoms with Crippen LogP contribution in [-0.2, 0) is 9.59 Å². The molecule has 2 atom stereocenters. The lowest BCUT2D eigenvalue weighted by Gasteiger charge is -2.41. The van der Waals surface area contributed by atoms with Crippen molar-refractivity contribution < 1.29 is 9.59 Å². The summed E-state index contributed by atoms with van der Waals surface area (Å²) in [5.41, 5.74) is 0. The van der Waals surface area contributed by atoms with Gasteiger partial charge in [-0.25, -0.2) is 0 Å². The van der Waals surface area contributed by atoms with Crippen LogP contribution in [0.1, 0.15) is 44.9 Å². The molecule has 2 rings (SSSR count). The first-order valence-corrected chi connectivity index (χ1v) is 6.71. The van der Waals surface area contributed by atoms with Crippen molar-refractivity contribution in [2.24, 2.45) is 0 Å². The van der Waals surface area contributed by atoms with Gasteiger partial charge in [0.05, 0.1) is 6.04 Å². The average molecular weight is 238 g/mol. The molecule has 2 unspecified atom stereocenters. The molecule has 1 heterocycles. The second-order valence-electron chi connectivity index (χ2n) is 5.15. The quantitative estimate of drug-likeness (QED) is 0.783. The van der Waals surface area contributed by atoms with Gasteiger partial charge in [0.2, 0.25) is 5.91 Å². The van der Waals surface area contributed by atoms with Gasteiger partial charge >= 0.3 is 0 Å². The molecule has 0 spiro atoms. The summed E-state index contributed by atoms with van der Waals surface area (Å²) < 4.78 is 0. The monoisotopic (exact) mass is 238 g/mol. The molecular formula is C13H22N2O2. The first-order valence-electron chi connectivity index (χ1n) is 6.71. The Balaban J connectivity index is 2.04. The van der Waals surface area contributed by atoms with Crippen LogP contribution in [0.3, 0.4) is 0 Å². The Morgan fingerprint density at radius 3 is 2.82 bits per heavy atom. The molecule has 1 saturated heterocycles. The van der Waals surface area contributed by atoms with E-state index >= 15 is 0 Å². The molecule has 2 aliphatic rings. The molecule has 2 fully saturated rings. The Hall–Kier alpha value is -0.900. The van der Waals surface area contributed by atoms with Gasteiger partial charge in [0.1, 0.15) is 5.78 Å². The third-order valence-electron chi connectivity index (χ3n) is 4.02. The van der Waals surface area contributed by atoms with Crippen LogP contribution in [-0.4, -0.2) is 42.3 Å². The molecular weight excluding hydrogens is 216 g/mol. The minimum Gasteiger partial charge on any atom is -0.358 e. The number of likely N-dealkylation sites (N-methyl/N-ethyl adjacent to an activating group) is 1. The number of hydrogen-bond acceptors (Lipinski definition) is 3. The van der Waals surface area contributed by atoms with Crippen molar-refractivity contribution in [3.05, 3.63) is 0 Å². The van der Waals surface area contributed by atoms with Gasteiger partial charge in [-0.1, -0.05) is 6.42 Å². The molecule has 0 aromatic heterocycles. The van der Waals surface area contributed by atoms with Crippen LogP contribution in [0.15, 0.2) is 0 Å². The number of hydrogen-bond donors (Lipinski definition) is 1. The van der Waals surface area contributed by atoms with E-state index in [4.69, 9.17) is 0 Å². The highest BCUT2D eigenvalue weighted by atomic mass is 16.2. The third kappa shape index (κ3) is 2.86. The summed E-state index contributed by atoms with van der Waals surface area (Å²) in [4.78, 5) is 25.7. The van der Waals surface area contributed by atoms with E-state index in [2.05, 4.69) is 10.2 Å². The van der Waals surface area contributed by atoms with E-state index in [1.807, 2.05) is 0 Å². The van der Waals surface area contributed by atoms with Crippen LogP contribution in [0.4, 0.5) is 0 Å². The highest BCUT2D eigenvalue weighted by Gasteiger charge is 2.34. The molecule has 0 radical (unpaired) electrons. The minimum atomic E-state index is -0.00958. The lowest BCUT2D eigenvalue weighted by molar-refractivity contribution is -0.131. The summed E-state index contributed by atoms with van der Waals surface area (Å²) in [5.74, 6) is 0.477. The largest absolute Gasteiger partial charge is 0.358 e. The summed E-state index contributed by atoms with van der Waals surface area (Å²) in [6.07, 6.45) is 6.64. The number of rotatable bonds is 2. The lowest BCUT2D eigenvalue weighted by Crippen LogP contribution is -2.54. The molecule has 1 saturated carbocycles. The number of nitrogens with zero attached hydrogens (tertiary/aromatic N) is 1. The van der Waals surface area contributed by atoms with Gasteiger partial charge in [-0.2, -0.15) is 0 Å². The van der Waals surface area contributed by atoms with Crippen LogP contribution in [0.25, 0.3) is 0 Å². The number of likely N-dealkylation sites (tertiary alicyclic amines) is 1. The Morgan fingerprint density at radius 1 is 1.29 bits per heavy atom. The van der Waals surface area contributed by atoms with Crippen molar-refractivity contribution in [3.63, 3.8) is 0 Å². The van der Waals surface area contributed by atoms with Gasteiger partial charge < -0.3 is 5.32 Å². The molecule has 4 heteroatoms. The van der Waals surface area contributed by atoms with Crippen molar-refractivity contribution >= 4 is 11.7 Å². The van der Waals surface area contributed by atoms with Gasteiger partial charge in [0, 0.05) is 25.9 Å². The fraction of sp³-hybridized carbons (Fsp3) is 0.846. The van der Waals surface area contributed by atoms with Crippen molar-refractivity contribution in [2.45, 2.75) is 57.0 Å². The van der Waals surface area contributed by atoms with Crippen LogP contribution in [0, 0.1) is 0 Å². The van der Waals surface area contributed by atoms with E-state index < -0.39 is 0 Å². The third-order valence-corrected chi connectivity index (χ3v) is 4.02. The maximum Gasteiger partial charge on any atom is 0.237 e. The molecule has 1 amide bonds. The predicted molar refractivity (Wildman–Crippen MR) is 65.7 cm³/mol. The smallest absolute Gasteiger partial charge is 0.237 e. The van der Waals surface area contributed by atoms with Crippen molar-refractivity contribution in [2.75, 3.05) is 13.6 Å². The normalized spacial score (nSPS) is 31.2. The van der Waals surface area contributed by atoms with E-state index in [9.17, 15) is 9.59 Å². The number of carbonyl (C=O) groups is 2. The summed E-state index contributed by atoms with van der Waals surface area (Å²) in [7, 11) is 1.70. The molecule has 0 aromatic rings. The molecule has 0 aromatic carbocycles. The SMILES string of the molecule is CNC(=O)C1CCCCN1C1CCCC(=O)C1. The van der Waals surface area contributed by atoms with Gasteiger partial charge in [-0.3, -0.25) is 14.5 Å². The van der Waals surface area contributed by atoms with Crippen LogP contribution in [0.2, 0.25) is 0 Å². The zero-order chi connectivity index (χ0) is 12.3. The summed E-state index contributed by atoms with van der Waals surface area (Å²) >= 11 is 0. The van der Waals surface area contributed by atoms with E-state index in [0.717, 1.165) is 45.1 Å². The number of amides is 1. The predicted octanol–water partition coefficient (Wildman–Crippen LogP) is 1.10. The zero-order valence-electron chi connectivity index (χ0n) is 10.6. The van der Waals surface area contributed by atoms with E-state index in [-0.39, 0.29) is 11.9 Å². The van der Waals surface area contributed by atoms with Crippen LogP contribution >= 0.6 is 0 Å². The molecule has 0 bridgehead atoms. The van der Waals surface area contributed by atoms with E-state index in [1.54, 1.807) is 7.05 Å². The first kappa shape index (κ1) is 12.6. The molecule has 1 N–H and O–H groups in total. The fourth-order valence-corrected chi connectivity index (χ4v) is 3.12. The Bertz CT molecular complexity index is 304. The highest BCUT2D eigenvalue weighted by Crippen LogP contribution is 2.27. The maximum absolute atomic E-state index is 11.9. The molecule has 96 valence electrons. The number of ketones is 1. The second kappa shape index (κ2) is 5.63. The number of carbonyl (C=O) groups excluding carboxylic acids is 2. The molecule has 1 aliphatic carbocycles. The fourth-order valence-electron chi connectivity index (χ4n) is 3.12. The van der Waals surface area contributed by atoms with Gasteiger partial charge in [-0.05, 0) is 32.2 Å². The maximum atomic E-state index is 11.9. The number of nitrogens with one attached hydrogen (secondary N) is 1. The molecule has 4 nitrogen and oxygen atoms in total. The minimum absolute atomic E-state index is 0.00958. The van der Waals surface area contributed by atoms with Gasteiger partial charge in [0.15, 0.2) is 0 Å². The van der Waals surface area contributed by atoms with Gasteiger partial charge in [-0.15, -0.1) is 0 Å². The van der Waals surface area contributed by atoms with Crippen molar-refractivity contribution in [3.8, 4) is 0 Å². The van der Waals surface area contributed by atoms with E-state index in [1.165, 1.54) is 0 Å². The first-order chi connectivity index (χ1) is 8.22. The molecule has 17 heavy (non-hydrogen) atoms. The van der Waals surface area contributed by atoms with Crippen molar-refractivity contribution in [1.29, 1.82) is 0 Å². The van der Waals surface area contributed by atoms with Gasteiger partial charge in [0.25, 0.3) is 0 Å². The zero-order valence-corrected chi connectivity index (χ0v) is 10.6. The number of piperidine rings is 1. The van der Waals surface area contributed by atoms with E-state index in [0.29, 0.717) is 18.2 Å². The second-order valence-corrected chi connectivity index (χ2v) is 5.15. The lowest BCUT2D eigenvalue weighted by atomic mass is 9.89. The topological polar surface area (TPSA) is 49.4 Å². The molecule has 1 aliphatic heterocycles.